The normalized spacial score (nSPS) is 10.8. The number of anilines is 1. The number of hydrogen-bond donors (Lipinski definition) is 1. The molecule has 0 atom stereocenters. The summed E-state index contributed by atoms with van der Waals surface area (Å²) >= 11 is 1.68. The summed E-state index contributed by atoms with van der Waals surface area (Å²) in [5.74, 6) is 0.886. The fraction of sp³-hybridized carbons (Fsp3) is 0.500. The van der Waals surface area contributed by atoms with E-state index in [4.69, 9.17) is 0 Å². The van der Waals surface area contributed by atoms with Crippen molar-refractivity contribution in [2.75, 3.05) is 18.5 Å². The molecular formula is C14H21N5S. The van der Waals surface area contributed by atoms with Crippen molar-refractivity contribution in [2.24, 2.45) is 0 Å². The first-order valence-corrected chi connectivity index (χ1v) is 7.70. The first-order chi connectivity index (χ1) is 9.70. The molecule has 0 aliphatic rings. The first-order valence-electron chi connectivity index (χ1n) is 6.82. The second kappa shape index (κ2) is 7.31. The van der Waals surface area contributed by atoms with Gasteiger partial charge < -0.3 is 10.2 Å². The molecule has 6 heteroatoms. The zero-order valence-electron chi connectivity index (χ0n) is 12.3. The quantitative estimate of drug-likeness (QED) is 0.794. The standard InChI is InChI=1S/C14H21N5S/c1-4-5-15-6-12-7-17-14(8-16-12)19(3)9-13-11(2)18-10-20-13/h7-8,10,15H,4-6,9H2,1-3H3. The summed E-state index contributed by atoms with van der Waals surface area (Å²) in [6.07, 6.45) is 4.80. The van der Waals surface area contributed by atoms with Gasteiger partial charge in [0.1, 0.15) is 5.82 Å². The van der Waals surface area contributed by atoms with Gasteiger partial charge >= 0.3 is 0 Å². The molecule has 2 aromatic rings. The molecule has 0 aromatic carbocycles. The maximum atomic E-state index is 4.48. The molecule has 2 aromatic heterocycles. The van der Waals surface area contributed by atoms with Gasteiger partial charge in [0.05, 0.1) is 35.8 Å². The topological polar surface area (TPSA) is 53.9 Å². The molecule has 0 radical (unpaired) electrons. The van der Waals surface area contributed by atoms with E-state index in [-0.39, 0.29) is 0 Å². The Bertz CT molecular complexity index is 523. The Morgan fingerprint density at radius 1 is 1.25 bits per heavy atom. The average molecular weight is 291 g/mol. The highest BCUT2D eigenvalue weighted by Crippen LogP contribution is 2.17. The van der Waals surface area contributed by atoms with E-state index in [1.165, 1.54) is 4.88 Å². The summed E-state index contributed by atoms with van der Waals surface area (Å²) in [4.78, 5) is 16.5. The molecule has 0 saturated carbocycles. The Morgan fingerprint density at radius 2 is 2.10 bits per heavy atom. The molecule has 20 heavy (non-hydrogen) atoms. The molecular weight excluding hydrogens is 270 g/mol. The molecule has 0 spiro atoms. The maximum absolute atomic E-state index is 4.48. The fourth-order valence-electron chi connectivity index (χ4n) is 1.80. The Balaban J connectivity index is 1.93. The number of thiazole rings is 1. The molecule has 0 aliphatic heterocycles. The minimum atomic E-state index is 0.777. The van der Waals surface area contributed by atoms with Gasteiger partial charge in [0.2, 0.25) is 0 Å². The van der Waals surface area contributed by atoms with E-state index in [9.17, 15) is 0 Å². The predicted molar refractivity (Wildman–Crippen MR) is 83.0 cm³/mol. The van der Waals surface area contributed by atoms with Crippen LogP contribution in [0, 0.1) is 6.92 Å². The molecule has 2 heterocycles. The van der Waals surface area contributed by atoms with Crippen molar-refractivity contribution in [3.63, 3.8) is 0 Å². The molecule has 0 aliphatic carbocycles. The summed E-state index contributed by atoms with van der Waals surface area (Å²) < 4.78 is 0. The fourth-order valence-corrected chi connectivity index (χ4v) is 2.63. The van der Waals surface area contributed by atoms with E-state index < -0.39 is 0 Å². The third-order valence-electron chi connectivity index (χ3n) is 3.04. The highest BCUT2D eigenvalue weighted by atomic mass is 32.1. The Hall–Kier alpha value is -1.53. The van der Waals surface area contributed by atoms with Crippen molar-refractivity contribution in [1.29, 1.82) is 0 Å². The van der Waals surface area contributed by atoms with Crippen molar-refractivity contribution in [2.45, 2.75) is 33.4 Å². The lowest BCUT2D eigenvalue weighted by molar-refractivity contribution is 0.661. The molecule has 0 saturated heterocycles. The lowest BCUT2D eigenvalue weighted by Crippen LogP contribution is -2.19. The van der Waals surface area contributed by atoms with Crippen molar-refractivity contribution in [3.05, 3.63) is 34.2 Å². The van der Waals surface area contributed by atoms with Crippen LogP contribution in [-0.4, -0.2) is 28.5 Å². The van der Waals surface area contributed by atoms with Crippen LogP contribution in [0.15, 0.2) is 17.9 Å². The van der Waals surface area contributed by atoms with Crippen molar-refractivity contribution in [3.8, 4) is 0 Å². The molecule has 0 amide bonds. The van der Waals surface area contributed by atoms with Crippen LogP contribution in [-0.2, 0) is 13.1 Å². The summed E-state index contributed by atoms with van der Waals surface area (Å²) in [5.41, 5.74) is 3.95. The Morgan fingerprint density at radius 3 is 2.70 bits per heavy atom. The van der Waals surface area contributed by atoms with Gasteiger partial charge in [-0.2, -0.15) is 0 Å². The summed E-state index contributed by atoms with van der Waals surface area (Å²) in [7, 11) is 2.03. The number of rotatable bonds is 7. The van der Waals surface area contributed by atoms with E-state index in [0.29, 0.717) is 0 Å². The molecule has 0 unspecified atom stereocenters. The lowest BCUT2D eigenvalue weighted by Gasteiger charge is -2.17. The number of aryl methyl sites for hydroxylation is 1. The van der Waals surface area contributed by atoms with E-state index in [1.807, 2.05) is 31.9 Å². The van der Waals surface area contributed by atoms with Gasteiger partial charge in [0.25, 0.3) is 0 Å². The largest absolute Gasteiger partial charge is 0.353 e. The van der Waals surface area contributed by atoms with E-state index in [1.54, 1.807) is 11.3 Å². The number of aromatic nitrogens is 3. The van der Waals surface area contributed by atoms with Crippen LogP contribution in [0.5, 0.6) is 0 Å². The average Bonchev–Trinajstić information content (AvgIpc) is 2.85. The van der Waals surface area contributed by atoms with Crippen molar-refractivity contribution in [1.82, 2.24) is 20.3 Å². The minimum Gasteiger partial charge on any atom is -0.353 e. The van der Waals surface area contributed by atoms with Gasteiger partial charge in [-0.25, -0.2) is 9.97 Å². The van der Waals surface area contributed by atoms with Crippen molar-refractivity contribution < 1.29 is 0 Å². The third-order valence-corrected chi connectivity index (χ3v) is 3.96. The van der Waals surface area contributed by atoms with Crippen LogP contribution in [0.1, 0.15) is 29.6 Å². The highest BCUT2D eigenvalue weighted by Gasteiger charge is 2.08. The SMILES string of the molecule is CCCNCc1cnc(N(C)Cc2scnc2C)cn1. The van der Waals surface area contributed by atoms with Gasteiger partial charge in [-0.05, 0) is 19.9 Å². The van der Waals surface area contributed by atoms with Crippen molar-refractivity contribution >= 4 is 17.2 Å². The molecule has 0 fully saturated rings. The number of nitrogens with zero attached hydrogens (tertiary/aromatic N) is 4. The zero-order chi connectivity index (χ0) is 14.4. The van der Waals surface area contributed by atoms with E-state index in [2.05, 4.69) is 32.1 Å². The molecule has 5 nitrogen and oxygen atoms in total. The number of nitrogens with one attached hydrogen (secondary N) is 1. The van der Waals surface area contributed by atoms with Gasteiger partial charge in [-0.3, -0.25) is 4.98 Å². The van der Waals surface area contributed by atoms with E-state index >= 15 is 0 Å². The Labute approximate surface area is 124 Å². The predicted octanol–water partition coefficient (Wildman–Crippen LogP) is 2.38. The van der Waals surface area contributed by atoms with Gasteiger partial charge in [-0.1, -0.05) is 6.92 Å². The smallest absolute Gasteiger partial charge is 0.147 e. The molecule has 2 rings (SSSR count). The summed E-state index contributed by atoms with van der Waals surface area (Å²) in [6.45, 7) is 6.79. The number of hydrogen-bond acceptors (Lipinski definition) is 6. The second-order valence-electron chi connectivity index (χ2n) is 4.76. The Kier molecular flexibility index (Phi) is 5.43. The van der Waals surface area contributed by atoms with Crippen LogP contribution >= 0.6 is 11.3 Å². The van der Waals surface area contributed by atoms with Gasteiger partial charge in [-0.15, -0.1) is 11.3 Å². The second-order valence-corrected chi connectivity index (χ2v) is 5.70. The van der Waals surface area contributed by atoms with Crippen LogP contribution in [0.2, 0.25) is 0 Å². The molecule has 108 valence electrons. The monoisotopic (exact) mass is 291 g/mol. The third kappa shape index (κ3) is 3.98. The first kappa shape index (κ1) is 14.9. The van der Waals surface area contributed by atoms with Gasteiger partial charge in [0.15, 0.2) is 0 Å². The highest BCUT2D eigenvalue weighted by molar-refractivity contribution is 7.09. The summed E-state index contributed by atoms with van der Waals surface area (Å²) in [6, 6.07) is 0. The van der Waals surface area contributed by atoms with E-state index in [0.717, 1.165) is 43.3 Å². The lowest BCUT2D eigenvalue weighted by atomic mass is 10.3. The molecule has 1 N–H and O–H groups in total. The van der Waals surface area contributed by atoms with Crippen LogP contribution in [0.3, 0.4) is 0 Å². The summed E-state index contributed by atoms with van der Waals surface area (Å²) in [5, 5.41) is 3.32. The minimum absolute atomic E-state index is 0.777. The zero-order valence-corrected chi connectivity index (χ0v) is 13.1. The van der Waals surface area contributed by atoms with Crippen LogP contribution in [0.25, 0.3) is 0 Å². The molecule has 0 bridgehead atoms. The van der Waals surface area contributed by atoms with Crippen LogP contribution < -0.4 is 10.2 Å². The van der Waals surface area contributed by atoms with Crippen LogP contribution in [0.4, 0.5) is 5.82 Å². The maximum Gasteiger partial charge on any atom is 0.147 e. The van der Waals surface area contributed by atoms with Gasteiger partial charge in [0, 0.05) is 18.5 Å².